The minimum Gasteiger partial charge on any atom is -0.369 e. The van der Waals surface area contributed by atoms with Crippen molar-refractivity contribution in [2.75, 3.05) is 0 Å². The Balaban J connectivity index is 3.39. The van der Waals surface area contributed by atoms with Crippen molar-refractivity contribution >= 4 is 5.91 Å². The Morgan fingerprint density at radius 3 is 2.70 bits per heavy atom. The fraction of sp³-hybridized carbons (Fsp3) is 0.625. The van der Waals surface area contributed by atoms with E-state index in [-0.39, 0.29) is 11.8 Å². The standard InChI is InChI=1S/C8H15NO/c1-3-4-5-6-7(2)8(9)10/h3-4,7H,5-6H2,1-2H3,(H2,9,10). The van der Waals surface area contributed by atoms with Gasteiger partial charge in [-0.15, -0.1) is 0 Å². The van der Waals surface area contributed by atoms with Crippen LogP contribution in [0.3, 0.4) is 0 Å². The molecule has 0 radical (unpaired) electrons. The molecule has 0 aliphatic carbocycles. The van der Waals surface area contributed by atoms with Crippen LogP contribution in [0, 0.1) is 5.92 Å². The molecule has 58 valence electrons. The monoisotopic (exact) mass is 141 g/mol. The Morgan fingerprint density at radius 1 is 1.70 bits per heavy atom. The van der Waals surface area contributed by atoms with Crippen LogP contribution in [0.15, 0.2) is 12.2 Å². The van der Waals surface area contributed by atoms with Crippen molar-refractivity contribution in [3.63, 3.8) is 0 Å². The molecule has 0 bridgehead atoms. The Labute approximate surface area is 62.1 Å². The zero-order valence-corrected chi connectivity index (χ0v) is 6.63. The summed E-state index contributed by atoms with van der Waals surface area (Å²) in [5.74, 6) is -0.194. The maximum atomic E-state index is 10.5. The SMILES string of the molecule is CC=CCCC(C)C(N)=O. The zero-order valence-electron chi connectivity index (χ0n) is 6.63. The first-order valence-corrected chi connectivity index (χ1v) is 3.59. The number of amides is 1. The molecular formula is C8H15NO. The molecule has 2 heteroatoms. The van der Waals surface area contributed by atoms with E-state index in [1.165, 1.54) is 0 Å². The number of primary amides is 1. The smallest absolute Gasteiger partial charge is 0.220 e. The van der Waals surface area contributed by atoms with Gasteiger partial charge in [0.05, 0.1) is 0 Å². The van der Waals surface area contributed by atoms with Crippen molar-refractivity contribution in [3.8, 4) is 0 Å². The molecule has 0 saturated carbocycles. The summed E-state index contributed by atoms with van der Waals surface area (Å²) in [4.78, 5) is 10.5. The van der Waals surface area contributed by atoms with Crippen LogP contribution in [-0.2, 0) is 4.79 Å². The number of hydrogen-bond acceptors (Lipinski definition) is 1. The van der Waals surface area contributed by atoms with E-state index in [1.807, 2.05) is 26.0 Å². The molecule has 2 nitrogen and oxygen atoms in total. The number of hydrogen-bond donors (Lipinski definition) is 1. The van der Waals surface area contributed by atoms with Gasteiger partial charge < -0.3 is 5.73 Å². The molecule has 2 N–H and O–H groups in total. The van der Waals surface area contributed by atoms with Crippen LogP contribution < -0.4 is 5.73 Å². The molecule has 0 aromatic heterocycles. The first-order chi connectivity index (χ1) is 4.68. The Kier molecular flexibility index (Phi) is 4.63. The average molecular weight is 141 g/mol. The lowest BCUT2D eigenvalue weighted by Crippen LogP contribution is -2.20. The third-order valence-corrected chi connectivity index (χ3v) is 1.49. The summed E-state index contributed by atoms with van der Waals surface area (Å²) in [6.45, 7) is 3.82. The van der Waals surface area contributed by atoms with Gasteiger partial charge in [-0.3, -0.25) is 4.79 Å². The van der Waals surface area contributed by atoms with Crippen LogP contribution in [0.2, 0.25) is 0 Å². The summed E-state index contributed by atoms with van der Waals surface area (Å²) in [5, 5.41) is 0. The third-order valence-electron chi connectivity index (χ3n) is 1.49. The van der Waals surface area contributed by atoms with Crippen molar-refractivity contribution in [1.82, 2.24) is 0 Å². The lowest BCUT2D eigenvalue weighted by molar-refractivity contribution is -0.121. The molecule has 0 aliphatic heterocycles. The number of nitrogens with two attached hydrogens (primary N) is 1. The van der Waals surface area contributed by atoms with Gasteiger partial charge in [-0.1, -0.05) is 19.1 Å². The normalized spacial score (nSPS) is 13.8. The van der Waals surface area contributed by atoms with E-state index in [0.29, 0.717) is 0 Å². The molecule has 0 heterocycles. The minimum absolute atomic E-state index is 0.0104. The second-order valence-corrected chi connectivity index (χ2v) is 2.45. The molecule has 0 aromatic rings. The summed E-state index contributed by atoms with van der Waals surface area (Å²) in [6.07, 6.45) is 5.83. The quantitative estimate of drug-likeness (QED) is 0.592. The summed E-state index contributed by atoms with van der Waals surface area (Å²) in [6, 6.07) is 0. The molecule has 10 heavy (non-hydrogen) atoms. The zero-order chi connectivity index (χ0) is 7.98. The highest BCUT2D eigenvalue weighted by Crippen LogP contribution is 2.04. The van der Waals surface area contributed by atoms with E-state index in [2.05, 4.69) is 0 Å². The van der Waals surface area contributed by atoms with Crippen LogP contribution in [0.1, 0.15) is 26.7 Å². The lowest BCUT2D eigenvalue weighted by atomic mass is 10.1. The largest absolute Gasteiger partial charge is 0.369 e. The Morgan fingerprint density at radius 2 is 2.30 bits per heavy atom. The highest BCUT2D eigenvalue weighted by molar-refractivity contribution is 5.76. The van der Waals surface area contributed by atoms with E-state index in [9.17, 15) is 4.79 Å². The molecule has 0 aliphatic rings. The van der Waals surface area contributed by atoms with Gasteiger partial charge in [0.2, 0.25) is 5.91 Å². The molecule has 0 spiro atoms. The van der Waals surface area contributed by atoms with E-state index in [0.717, 1.165) is 12.8 Å². The van der Waals surface area contributed by atoms with Crippen molar-refractivity contribution < 1.29 is 4.79 Å². The van der Waals surface area contributed by atoms with E-state index in [4.69, 9.17) is 5.73 Å². The van der Waals surface area contributed by atoms with Crippen molar-refractivity contribution in [2.45, 2.75) is 26.7 Å². The van der Waals surface area contributed by atoms with Gasteiger partial charge in [0.25, 0.3) is 0 Å². The maximum absolute atomic E-state index is 10.5. The third kappa shape index (κ3) is 4.13. The maximum Gasteiger partial charge on any atom is 0.220 e. The van der Waals surface area contributed by atoms with Gasteiger partial charge >= 0.3 is 0 Å². The van der Waals surface area contributed by atoms with Gasteiger partial charge in [0.15, 0.2) is 0 Å². The van der Waals surface area contributed by atoms with Crippen molar-refractivity contribution in [3.05, 3.63) is 12.2 Å². The molecule has 0 fully saturated rings. The molecule has 0 aromatic carbocycles. The second kappa shape index (κ2) is 5.03. The van der Waals surface area contributed by atoms with Crippen LogP contribution in [-0.4, -0.2) is 5.91 Å². The molecule has 0 rings (SSSR count). The Bertz CT molecular complexity index is 129. The predicted molar refractivity (Wildman–Crippen MR) is 42.4 cm³/mol. The molecule has 1 unspecified atom stereocenters. The number of carbonyl (C=O) groups excluding carboxylic acids is 1. The fourth-order valence-electron chi connectivity index (χ4n) is 0.655. The van der Waals surface area contributed by atoms with E-state index in [1.54, 1.807) is 0 Å². The lowest BCUT2D eigenvalue weighted by Gasteiger charge is -2.02. The summed E-state index contributed by atoms with van der Waals surface area (Å²) in [5.41, 5.74) is 5.06. The molecule has 1 amide bonds. The predicted octanol–water partition coefficient (Wildman–Crippen LogP) is 1.46. The van der Waals surface area contributed by atoms with Gasteiger partial charge in [0.1, 0.15) is 0 Å². The topological polar surface area (TPSA) is 43.1 Å². The highest BCUT2D eigenvalue weighted by atomic mass is 16.1. The van der Waals surface area contributed by atoms with Crippen LogP contribution in [0.5, 0.6) is 0 Å². The van der Waals surface area contributed by atoms with Crippen LogP contribution in [0.4, 0.5) is 0 Å². The fourth-order valence-corrected chi connectivity index (χ4v) is 0.655. The second-order valence-electron chi connectivity index (χ2n) is 2.45. The Hall–Kier alpha value is -0.790. The summed E-state index contributed by atoms with van der Waals surface area (Å²) < 4.78 is 0. The van der Waals surface area contributed by atoms with Gasteiger partial charge in [-0.05, 0) is 19.8 Å². The van der Waals surface area contributed by atoms with Gasteiger partial charge in [-0.25, -0.2) is 0 Å². The number of allylic oxidation sites excluding steroid dienone is 2. The summed E-state index contributed by atoms with van der Waals surface area (Å²) in [7, 11) is 0. The van der Waals surface area contributed by atoms with Gasteiger partial charge in [0, 0.05) is 5.92 Å². The number of rotatable bonds is 4. The van der Waals surface area contributed by atoms with Gasteiger partial charge in [-0.2, -0.15) is 0 Å². The number of carbonyl (C=O) groups is 1. The molecule has 1 atom stereocenters. The van der Waals surface area contributed by atoms with Crippen molar-refractivity contribution in [2.24, 2.45) is 11.7 Å². The van der Waals surface area contributed by atoms with E-state index >= 15 is 0 Å². The van der Waals surface area contributed by atoms with Crippen molar-refractivity contribution in [1.29, 1.82) is 0 Å². The van der Waals surface area contributed by atoms with Crippen LogP contribution in [0.25, 0.3) is 0 Å². The molecule has 0 saturated heterocycles. The van der Waals surface area contributed by atoms with Crippen LogP contribution >= 0.6 is 0 Å². The minimum atomic E-state index is -0.204. The van der Waals surface area contributed by atoms with E-state index < -0.39 is 0 Å². The first-order valence-electron chi connectivity index (χ1n) is 3.59. The highest BCUT2D eigenvalue weighted by Gasteiger charge is 2.05. The first kappa shape index (κ1) is 9.21. The average Bonchev–Trinajstić information content (AvgIpc) is 1.88. The molecular weight excluding hydrogens is 126 g/mol. The summed E-state index contributed by atoms with van der Waals surface area (Å²) >= 11 is 0.